The number of anilines is 2. The third-order valence-corrected chi connectivity index (χ3v) is 6.76. The van der Waals surface area contributed by atoms with Crippen molar-refractivity contribution in [3.63, 3.8) is 0 Å². The maximum Gasteiger partial charge on any atom is 0.139 e. The van der Waals surface area contributed by atoms with E-state index in [2.05, 4.69) is 54.8 Å². The second-order valence-electron chi connectivity index (χ2n) is 7.96. The van der Waals surface area contributed by atoms with Gasteiger partial charge in [0.25, 0.3) is 0 Å². The van der Waals surface area contributed by atoms with Crippen molar-refractivity contribution in [2.24, 2.45) is 0 Å². The number of aromatic nitrogens is 4. The Labute approximate surface area is 189 Å². The van der Waals surface area contributed by atoms with Crippen LogP contribution in [0.3, 0.4) is 0 Å². The van der Waals surface area contributed by atoms with Crippen LogP contribution in [0.25, 0.3) is 11.0 Å². The molecule has 0 aliphatic carbocycles. The Balaban J connectivity index is 0.00000112. The molecule has 1 saturated heterocycles. The zero-order valence-electron chi connectivity index (χ0n) is 18.9. The van der Waals surface area contributed by atoms with Crippen molar-refractivity contribution in [3.05, 3.63) is 42.1 Å². The molecule has 0 amide bonds. The van der Waals surface area contributed by atoms with E-state index in [1.165, 1.54) is 22.3 Å². The fourth-order valence-electron chi connectivity index (χ4n) is 4.66. The van der Waals surface area contributed by atoms with Gasteiger partial charge >= 0.3 is 0 Å². The zero-order valence-corrected chi connectivity index (χ0v) is 19.7. The van der Waals surface area contributed by atoms with Crippen LogP contribution >= 0.6 is 11.9 Å². The molecule has 166 valence electrons. The van der Waals surface area contributed by atoms with Gasteiger partial charge in [0.05, 0.1) is 5.69 Å². The van der Waals surface area contributed by atoms with E-state index >= 15 is 0 Å². The topological polar surface area (TPSA) is 73.0 Å². The molecule has 1 fully saturated rings. The van der Waals surface area contributed by atoms with Gasteiger partial charge in [0.2, 0.25) is 0 Å². The Hall–Kier alpha value is -2.32. The predicted octanol–water partition coefficient (Wildman–Crippen LogP) is 4.17. The summed E-state index contributed by atoms with van der Waals surface area (Å²) in [5.74, 6) is 1.12. The highest BCUT2D eigenvalue weighted by atomic mass is 32.2. The van der Waals surface area contributed by atoms with Crippen LogP contribution in [0.4, 0.5) is 11.5 Å². The summed E-state index contributed by atoms with van der Waals surface area (Å²) in [5.41, 5.74) is 4.64. The smallest absolute Gasteiger partial charge is 0.139 e. The highest BCUT2D eigenvalue weighted by Crippen LogP contribution is 2.35. The van der Waals surface area contributed by atoms with Crippen LogP contribution in [0.15, 0.2) is 30.9 Å². The van der Waals surface area contributed by atoms with Gasteiger partial charge in [-0.1, -0.05) is 25.8 Å². The summed E-state index contributed by atoms with van der Waals surface area (Å²) in [6.07, 6.45) is 10.9. The van der Waals surface area contributed by atoms with Crippen LogP contribution < -0.4 is 14.5 Å². The van der Waals surface area contributed by atoms with E-state index < -0.39 is 0 Å². The second-order valence-corrected chi connectivity index (χ2v) is 8.60. The van der Waals surface area contributed by atoms with E-state index in [0.717, 1.165) is 50.4 Å². The average Bonchev–Trinajstić information content (AvgIpc) is 3.30. The summed E-state index contributed by atoms with van der Waals surface area (Å²) in [6.45, 7) is 9.19. The summed E-state index contributed by atoms with van der Waals surface area (Å²) < 4.78 is 3.51. The molecule has 5 rings (SSSR count). The maximum absolute atomic E-state index is 4.74. The van der Waals surface area contributed by atoms with Crippen molar-refractivity contribution in [1.82, 2.24) is 24.7 Å². The van der Waals surface area contributed by atoms with Gasteiger partial charge in [-0.25, -0.2) is 15.0 Å². The summed E-state index contributed by atoms with van der Waals surface area (Å²) in [7, 11) is 0. The first-order valence-corrected chi connectivity index (χ1v) is 12.5. The molecule has 7 nitrogen and oxygen atoms in total. The van der Waals surface area contributed by atoms with Crippen molar-refractivity contribution in [2.45, 2.75) is 58.7 Å². The van der Waals surface area contributed by atoms with Crippen LogP contribution in [-0.4, -0.2) is 51.4 Å². The molecule has 0 saturated carbocycles. The number of rotatable bonds is 4. The average molecular weight is 440 g/mol. The minimum Gasteiger partial charge on any atom is -0.363 e. The van der Waals surface area contributed by atoms with Gasteiger partial charge in [-0.2, -0.15) is 0 Å². The van der Waals surface area contributed by atoms with E-state index in [9.17, 15) is 0 Å². The number of nitrogens with one attached hydrogen (secondary N) is 2. The van der Waals surface area contributed by atoms with Crippen molar-refractivity contribution in [3.8, 4) is 0 Å². The minimum absolute atomic E-state index is 0.377. The number of hydrogen-bond acceptors (Lipinski definition) is 7. The van der Waals surface area contributed by atoms with E-state index in [-0.39, 0.29) is 0 Å². The molecule has 5 heterocycles. The molecule has 1 atom stereocenters. The molecule has 0 radical (unpaired) electrons. The van der Waals surface area contributed by atoms with E-state index in [0.29, 0.717) is 12.1 Å². The van der Waals surface area contributed by atoms with Gasteiger partial charge < -0.3 is 14.8 Å². The van der Waals surface area contributed by atoms with Crippen LogP contribution in [0.5, 0.6) is 0 Å². The van der Waals surface area contributed by atoms with Crippen LogP contribution in [0.1, 0.15) is 44.9 Å². The summed E-state index contributed by atoms with van der Waals surface area (Å²) in [5, 5.41) is 1.17. The monoisotopic (exact) mass is 439 g/mol. The largest absolute Gasteiger partial charge is 0.363 e. The molecule has 0 spiro atoms. The van der Waals surface area contributed by atoms with Gasteiger partial charge in [-0.15, -0.1) is 0 Å². The summed E-state index contributed by atoms with van der Waals surface area (Å²) in [6, 6.07) is 5.21. The fourth-order valence-corrected chi connectivity index (χ4v) is 5.23. The number of hydrogen-bond donors (Lipinski definition) is 2. The first-order chi connectivity index (χ1) is 15.2. The van der Waals surface area contributed by atoms with Crippen LogP contribution in [-0.2, 0) is 13.0 Å². The lowest BCUT2D eigenvalue weighted by atomic mass is 9.97. The molecular weight excluding hydrogens is 406 g/mol. The fraction of sp³-hybridized carbons (Fsp3) is 0.522. The highest BCUT2D eigenvalue weighted by molar-refractivity contribution is 7.96. The van der Waals surface area contributed by atoms with Crippen molar-refractivity contribution in [1.29, 1.82) is 0 Å². The number of aromatic amines is 1. The number of H-pyrrole nitrogens is 1. The lowest BCUT2D eigenvalue weighted by Crippen LogP contribution is -2.43. The zero-order chi connectivity index (χ0) is 21.8. The molecule has 31 heavy (non-hydrogen) atoms. The first kappa shape index (κ1) is 21.9. The maximum atomic E-state index is 4.74. The highest BCUT2D eigenvalue weighted by Gasteiger charge is 2.30. The Morgan fingerprint density at radius 2 is 1.94 bits per heavy atom. The van der Waals surface area contributed by atoms with Crippen molar-refractivity contribution >= 4 is 34.5 Å². The predicted molar refractivity (Wildman–Crippen MR) is 131 cm³/mol. The third kappa shape index (κ3) is 4.36. The van der Waals surface area contributed by atoms with Gasteiger partial charge in [-0.3, -0.25) is 4.72 Å². The molecule has 8 heteroatoms. The molecule has 3 aromatic heterocycles. The molecule has 0 bridgehead atoms. The molecule has 1 unspecified atom stereocenters. The van der Waals surface area contributed by atoms with Gasteiger partial charge in [-0.05, 0) is 38.2 Å². The summed E-state index contributed by atoms with van der Waals surface area (Å²) >= 11 is 1.72. The van der Waals surface area contributed by atoms with Gasteiger partial charge in [0, 0.05) is 67.2 Å². The van der Waals surface area contributed by atoms with E-state index in [1.807, 2.05) is 26.2 Å². The first-order valence-electron chi connectivity index (χ1n) is 11.3. The second kappa shape index (κ2) is 9.87. The van der Waals surface area contributed by atoms with E-state index in [4.69, 9.17) is 4.98 Å². The lowest BCUT2D eigenvalue weighted by Gasteiger charge is -2.39. The standard InChI is InChI=1S/C21H27N7S.C2H6/c1-14-11-18-17(12-28(14)19-4-8-23-20-16(19)3-7-22-20)21(25-13-24-18)27-9-5-15(6-10-27)26-29-2;1-2/h3-4,7-8,13-15,26H,5-6,9-12H2,1-2H3,(H,22,23);1-2H3. The minimum atomic E-state index is 0.377. The Bertz CT molecular complexity index is 997. The molecule has 2 aliphatic rings. The normalized spacial score (nSPS) is 19.2. The van der Waals surface area contributed by atoms with E-state index in [1.54, 1.807) is 18.3 Å². The lowest BCUT2D eigenvalue weighted by molar-refractivity contribution is 0.474. The number of piperidine rings is 1. The Morgan fingerprint density at radius 3 is 2.71 bits per heavy atom. The van der Waals surface area contributed by atoms with Crippen LogP contribution in [0.2, 0.25) is 0 Å². The number of pyridine rings is 1. The Kier molecular flexibility index (Phi) is 6.97. The summed E-state index contributed by atoms with van der Waals surface area (Å²) in [4.78, 5) is 22.0. The molecule has 0 aromatic carbocycles. The SMILES string of the molecule is CC.CSNC1CCN(c2ncnc3c2CN(c2ccnc4[nH]ccc24)C(C)C3)CC1. The molecule has 2 N–H and O–H groups in total. The third-order valence-electron chi connectivity index (χ3n) is 6.19. The number of fused-ring (bicyclic) bond motifs is 2. The molecular formula is C23H33N7S. The van der Waals surface area contributed by atoms with Crippen molar-refractivity contribution in [2.75, 3.05) is 29.1 Å². The Morgan fingerprint density at radius 1 is 1.13 bits per heavy atom. The van der Waals surface area contributed by atoms with Crippen molar-refractivity contribution < 1.29 is 0 Å². The molecule has 2 aliphatic heterocycles. The number of nitrogens with zero attached hydrogens (tertiary/aromatic N) is 5. The van der Waals surface area contributed by atoms with Gasteiger partial charge in [0.1, 0.15) is 17.8 Å². The van der Waals surface area contributed by atoms with Gasteiger partial charge in [0.15, 0.2) is 0 Å². The quantitative estimate of drug-likeness (QED) is 0.591. The molecule has 3 aromatic rings. The van der Waals surface area contributed by atoms with Crippen LogP contribution in [0, 0.1) is 0 Å².